The highest BCUT2D eigenvalue weighted by Gasteiger charge is 2.08. The normalized spacial score (nSPS) is 10.9. The van der Waals surface area contributed by atoms with Crippen molar-refractivity contribution in [3.8, 4) is 0 Å². The summed E-state index contributed by atoms with van der Waals surface area (Å²) >= 11 is 9.16. The zero-order valence-electron chi connectivity index (χ0n) is 10.9. The number of aryl methyl sites for hydroxylation is 1. The molecule has 0 aliphatic rings. The Labute approximate surface area is 127 Å². The van der Waals surface area contributed by atoms with Gasteiger partial charge >= 0.3 is 0 Å². The number of halogens is 1. The van der Waals surface area contributed by atoms with Gasteiger partial charge in [0.15, 0.2) is 4.34 Å². The van der Waals surface area contributed by atoms with Gasteiger partial charge in [-0.1, -0.05) is 30.3 Å². The smallest absolute Gasteiger partial charge is 0.174 e. The molecule has 0 bridgehead atoms. The molecule has 1 aromatic heterocycles. The van der Waals surface area contributed by atoms with E-state index in [1.165, 1.54) is 22.0 Å². The van der Waals surface area contributed by atoms with Gasteiger partial charge in [-0.25, -0.2) is 4.98 Å². The Bertz CT molecular complexity index is 542. The summed E-state index contributed by atoms with van der Waals surface area (Å²) in [7, 11) is 0. The van der Waals surface area contributed by atoms with E-state index in [1.54, 1.807) is 11.8 Å². The number of aromatic nitrogens is 2. The molecule has 0 atom stereocenters. The zero-order valence-corrected chi connectivity index (χ0v) is 13.3. The van der Waals surface area contributed by atoms with E-state index in [4.69, 9.17) is 11.6 Å². The van der Waals surface area contributed by atoms with Gasteiger partial charge in [-0.05, 0) is 55.2 Å². The minimum Gasteiger partial charge on any atom is -0.313 e. The summed E-state index contributed by atoms with van der Waals surface area (Å²) < 4.78 is 5.17. The molecule has 3 nitrogen and oxygen atoms in total. The number of nitrogens with zero attached hydrogens (tertiary/aromatic N) is 2. The quantitative estimate of drug-likeness (QED) is 0.813. The van der Waals surface area contributed by atoms with Crippen molar-refractivity contribution in [2.45, 2.75) is 36.0 Å². The molecular formula is C13H16ClN3S2. The van der Waals surface area contributed by atoms with Gasteiger partial charge in [0, 0.05) is 16.5 Å². The molecule has 0 unspecified atom stereocenters. The van der Waals surface area contributed by atoms with Gasteiger partial charge in [-0.2, -0.15) is 4.37 Å². The molecule has 1 heterocycles. The fourth-order valence-corrected chi connectivity index (χ4v) is 3.51. The van der Waals surface area contributed by atoms with E-state index in [2.05, 4.69) is 21.6 Å². The monoisotopic (exact) mass is 313 g/mol. The average Bonchev–Trinajstić information content (AvgIpc) is 2.78. The van der Waals surface area contributed by atoms with Gasteiger partial charge in [-0.3, -0.25) is 0 Å². The molecule has 2 rings (SSSR count). The lowest BCUT2D eigenvalue weighted by atomic mass is 10.2. The van der Waals surface area contributed by atoms with Crippen molar-refractivity contribution < 1.29 is 0 Å². The van der Waals surface area contributed by atoms with Crippen LogP contribution in [0.15, 0.2) is 27.4 Å². The van der Waals surface area contributed by atoms with Crippen LogP contribution in [0.2, 0.25) is 5.02 Å². The van der Waals surface area contributed by atoms with Crippen LogP contribution in [-0.2, 0) is 6.54 Å². The molecule has 6 heteroatoms. The minimum absolute atomic E-state index is 0.770. The average molecular weight is 314 g/mol. The van der Waals surface area contributed by atoms with E-state index in [0.717, 1.165) is 34.7 Å². The lowest BCUT2D eigenvalue weighted by molar-refractivity contribution is 0.669. The largest absolute Gasteiger partial charge is 0.313 e. The standard InChI is InChI=1S/C13H16ClN3S2/c1-3-6-15-8-10-7-11(14)4-5-12(10)18-13-16-9(2)17-19-13/h4-5,7,15H,3,6,8H2,1-2H3. The van der Waals surface area contributed by atoms with Gasteiger partial charge in [0.2, 0.25) is 0 Å². The van der Waals surface area contributed by atoms with Crippen LogP contribution in [0, 0.1) is 6.92 Å². The first-order valence-electron chi connectivity index (χ1n) is 6.16. The number of benzene rings is 1. The first-order chi connectivity index (χ1) is 9.19. The predicted molar refractivity (Wildman–Crippen MR) is 82.2 cm³/mol. The summed E-state index contributed by atoms with van der Waals surface area (Å²) in [6.45, 7) is 5.90. The van der Waals surface area contributed by atoms with E-state index < -0.39 is 0 Å². The van der Waals surface area contributed by atoms with E-state index in [9.17, 15) is 0 Å². The van der Waals surface area contributed by atoms with Crippen LogP contribution in [0.5, 0.6) is 0 Å². The molecule has 0 aliphatic heterocycles. The fourth-order valence-electron chi connectivity index (χ4n) is 1.60. The molecule has 1 aromatic carbocycles. The summed E-state index contributed by atoms with van der Waals surface area (Å²) in [6.07, 6.45) is 1.12. The molecule has 0 amide bonds. The lowest BCUT2D eigenvalue weighted by Crippen LogP contribution is -2.14. The van der Waals surface area contributed by atoms with Crippen LogP contribution >= 0.6 is 34.9 Å². The van der Waals surface area contributed by atoms with E-state index in [1.807, 2.05) is 25.1 Å². The highest BCUT2D eigenvalue weighted by Crippen LogP contribution is 2.32. The zero-order chi connectivity index (χ0) is 13.7. The van der Waals surface area contributed by atoms with Crippen molar-refractivity contribution in [2.75, 3.05) is 6.54 Å². The molecular weight excluding hydrogens is 298 g/mol. The second kappa shape index (κ2) is 7.24. The second-order valence-electron chi connectivity index (χ2n) is 4.14. The molecule has 0 radical (unpaired) electrons. The number of hydrogen-bond donors (Lipinski definition) is 1. The maximum absolute atomic E-state index is 6.07. The molecule has 0 fully saturated rings. The van der Waals surface area contributed by atoms with E-state index >= 15 is 0 Å². The lowest BCUT2D eigenvalue weighted by Gasteiger charge is -2.09. The van der Waals surface area contributed by atoms with Crippen molar-refractivity contribution in [1.29, 1.82) is 0 Å². The minimum atomic E-state index is 0.770. The third-order valence-electron chi connectivity index (χ3n) is 2.47. The van der Waals surface area contributed by atoms with Crippen molar-refractivity contribution in [2.24, 2.45) is 0 Å². The molecule has 0 aliphatic carbocycles. The van der Waals surface area contributed by atoms with E-state index in [0.29, 0.717) is 0 Å². The highest BCUT2D eigenvalue weighted by atomic mass is 35.5. The van der Waals surface area contributed by atoms with Gasteiger partial charge in [0.25, 0.3) is 0 Å². The molecule has 102 valence electrons. The summed E-state index contributed by atoms with van der Waals surface area (Å²) in [5, 5.41) is 4.17. The Morgan fingerprint density at radius 3 is 2.95 bits per heavy atom. The topological polar surface area (TPSA) is 37.8 Å². The van der Waals surface area contributed by atoms with Gasteiger partial charge in [0.1, 0.15) is 5.82 Å². The van der Waals surface area contributed by atoms with E-state index in [-0.39, 0.29) is 0 Å². The second-order valence-corrected chi connectivity index (χ2v) is 6.62. The van der Waals surface area contributed by atoms with Crippen molar-refractivity contribution >= 4 is 34.9 Å². The number of nitrogens with one attached hydrogen (secondary N) is 1. The Balaban J connectivity index is 2.14. The van der Waals surface area contributed by atoms with Crippen molar-refractivity contribution in [3.63, 3.8) is 0 Å². The first-order valence-corrected chi connectivity index (χ1v) is 8.13. The molecule has 1 N–H and O–H groups in total. The van der Waals surface area contributed by atoms with Crippen LogP contribution in [0.3, 0.4) is 0 Å². The maximum Gasteiger partial charge on any atom is 0.174 e. The van der Waals surface area contributed by atoms with Crippen LogP contribution in [0.1, 0.15) is 24.7 Å². The van der Waals surface area contributed by atoms with Crippen molar-refractivity contribution in [3.05, 3.63) is 34.6 Å². The van der Waals surface area contributed by atoms with Gasteiger partial charge < -0.3 is 5.32 Å². The van der Waals surface area contributed by atoms with Crippen molar-refractivity contribution in [1.82, 2.24) is 14.7 Å². The first kappa shape index (κ1) is 14.8. The molecule has 0 spiro atoms. The fraction of sp³-hybridized carbons (Fsp3) is 0.385. The third kappa shape index (κ3) is 4.45. The van der Waals surface area contributed by atoms with Crippen LogP contribution < -0.4 is 5.32 Å². The molecule has 0 saturated heterocycles. The SMILES string of the molecule is CCCNCc1cc(Cl)ccc1Sc1nc(C)ns1. The predicted octanol–water partition coefficient (Wildman–Crippen LogP) is 4.15. The summed E-state index contributed by atoms with van der Waals surface area (Å²) in [5.41, 5.74) is 1.21. The Kier molecular flexibility index (Phi) is 5.63. The summed E-state index contributed by atoms with van der Waals surface area (Å²) in [5.74, 6) is 0.826. The van der Waals surface area contributed by atoms with Crippen LogP contribution in [-0.4, -0.2) is 15.9 Å². The Morgan fingerprint density at radius 1 is 1.42 bits per heavy atom. The molecule has 2 aromatic rings. The van der Waals surface area contributed by atoms with Gasteiger partial charge in [0.05, 0.1) is 0 Å². The van der Waals surface area contributed by atoms with Gasteiger partial charge in [-0.15, -0.1) is 0 Å². The van der Waals surface area contributed by atoms with Crippen LogP contribution in [0.25, 0.3) is 0 Å². The summed E-state index contributed by atoms with van der Waals surface area (Å²) in [4.78, 5) is 5.57. The Hall–Kier alpha value is -0.620. The highest BCUT2D eigenvalue weighted by molar-refractivity contribution is 8.01. The molecule has 0 saturated carbocycles. The summed E-state index contributed by atoms with van der Waals surface area (Å²) in [6, 6.07) is 5.98. The Morgan fingerprint density at radius 2 is 2.26 bits per heavy atom. The molecule has 19 heavy (non-hydrogen) atoms. The maximum atomic E-state index is 6.07. The van der Waals surface area contributed by atoms with Crippen LogP contribution in [0.4, 0.5) is 0 Å². The number of hydrogen-bond acceptors (Lipinski definition) is 5. The number of rotatable bonds is 6. The third-order valence-corrected chi connectivity index (χ3v) is 4.67.